The van der Waals surface area contributed by atoms with Gasteiger partial charge in [-0.3, -0.25) is 0 Å². The third kappa shape index (κ3) is 1900. The first-order valence-electron chi connectivity index (χ1n) is 0.651. The first-order chi connectivity index (χ1) is 1.73. The smallest absolute Gasteiger partial charge is 0.450 e. The Morgan fingerprint density at radius 1 is 1.29 bits per heavy atom. The second-order valence-electron chi connectivity index (χ2n) is 0.283. The SMILES string of the molecule is O.O=C(O)O.[Mn].[Ni]. The minimum atomic E-state index is -1.83. The fourth-order valence-corrected chi connectivity index (χ4v) is 0. The minimum Gasteiger partial charge on any atom is -0.450 e. The molecule has 0 aliphatic heterocycles. The van der Waals surface area contributed by atoms with Crippen LogP contribution in [0.25, 0.3) is 0 Å². The van der Waals surface area contributed by atoms with E-state index >= 15 is 0 Å². The summed E-state index contributed by atoms with van der Waals surface area (Å²) in [5, 5.41) is 13.9. The van der Waals surface area contributed by atoms with E-state index in [0.29, 0.717) is 0 Å². The maximum absolute atomic E-state index is 8.56. The van der Waals surface area contributed by atoms with E-state index in [1.165, 1.54) is 0 Å². The molecule has 0 aromatic rings. The molecular weight excluding hydrogens is 190 g/mol. The van der Waals surface area contributed by atoms with Crippen molar-refractivity contribution in [3.63, 3.8) is 0 Å². The van der Waals surface area contributed by atoms with Gasteiger partial charge in [0.25, 0.3) is 0 Å². The molecule has 0 unspecified atom stereocenters. The first kappa shape index (κ1) is 26.8. The topological polar surface area (TPSA) is 89.0 Å². The van der Waals surface area contributed by atoms with Gasteiger partial charge in [0, 0.05) is 33.6 Å². The van der Waals surface area contributed by atoms with Gasteiger partial charge < -0.3 is 15.7 Å². The van der Waals surface area contributed by atoms with Gasteiger partial charge in [-0.25, -0.2) is 4.79 Å². The molecule has 0 fully saturated rings. The standard InChI is InChI=1S/CH2O3.Mn.Ni.H2O/c2-1(3)4;;;/h(H2,2,3,4);;;1H2. The van der Waals surface area contributed by atoms with Crippen LogP contribution in [0.3, 0.4) is 0 Å². The molecule has 0 atom stereocenters. The Balaban J connectivity index is -0.0000000150. The molecule has 7 heavy (non-hydrogen) atoms. The summed E-state index contributed by atoms with van der Waals surface area (Å²) < 4.78 is 0. The summed E-state index contributed by atoms with van der Waals surface area (Å²) in [4.78, 5) is 8.56. The molecule has 0 bridgehead atoms. The Morgan fingerprint density at radius 2 is 1.29 bits per heavy atom. The Bertz CT molecular complexity index is 34.7. The summed E-state index contributed by atoms with van der Waals surface area (Å²) in [5.41, 5.74) is 0. The van der Waals surface area contributed by atoms with E-state index in [0.717, 1.165) is 0 Å². The Labute approximate surface area is 60.6 Å². The molecule has 0 aliphatic rings. The van der Waals surface area contributed by atoms with Crippen LogP contribution in [0, 0.1) is 0 Å². The summed E-state index contributed by atoms with van der Waals surface area (Å²) in [6, 6.07) is 0. The maximum Gasteiger partial charge on any atom is 0.503 e. The van der Waals surface area contributed by atoms with Crippen LogP contribution in [-0.2, 0) is 33.6 Å². The second kappa shape index (κ2) is 16.3. The molecule has 6 heteroatoms. The maximum atomic E-state index is 8.56. The minimum absolute atomic E-state index is 0. The van der Waals surface area contributed by atoms with Crippen LogP contribution >= 0.6 is 0 Å². The molecule has 0 amide bonds. The van der Waals surface area contributed by atoms with E-state index in [1.807, 2.05) is 0 Å². The molecule has 4 nitrogen and oxygen atoms in total. The van der Waals surface area contributed by atoms with Gasteiger partial charge >= 0.3 is 6.16 Å². The van der Waals surface area contributed by atoms with Crippen molar-refractivity contribution < 1.29 is 54.0 Å². The van der Waals surface area contributed by atoms with E-state index in [1.54, 1.807) is 0 Å². The van der Waals surface area contributed by atoms with Crippen LogP contribution in [0.15, 0.2) is 0 Å². The van der Waals surface area contributed by atoms with Crippen molar-refractivity contribution in [2.24, 2.45) is 0 Å². The zero-order chi connectivity index (χ0) is 3.58. The monoisotopic (exact) mass is 193 g/mol. The summed E-state index contributed by atoms with van der Waals surface area (Å²) in [5.74, 6) is 0. The van der Waals surface area contributed by atoms with E-state index in [4.69, 9.17) is 15.0 Å². The Hall–Kier alpha value is 0.243. The van der Waals surface area contributed by atoms with Crippen LogP contribution in [0.5, 0.6) is 0 Å². The van der Waals surface area contributed by atoms with Gasteiger partial charge in [-0.15, -0.1) is 0 Å². The number of hydrogen-bond donors (Lipinski definition) is 2. The van der Waals surface area contributed by atoms with Crippen LogP contribution in [0.1, 0.15) is 0 Å². The van der Waals surface area contributed by atoms with Crippen molar-refractivity contribution in [2.75, 3.05) is 0 Å². The largest absolute Gasteiger partial charge is 0.503 e. The summed E-state index contributed by atoms with van der Waals surface area (Å²) in [7, 11) is 0. The molecule has 4 N–H and O–H groups in total. The molecule has 0 aromatic carbocycles. The molecule has 0 heterocycles. The molecule has 49 valence electrons. The van der Waals surface area contributed by atoms with Crippen molar-refractivity contribution in [3.8, 4) is 0 Å². The second-order valence-corrected chi connectivity index (χ2v) is 0.283. The zero-order valence-corrected chi connectivity index (χ0v) is 5.16. The molecule has 0 saturated heterocycles. The van der Waals surface area contributed by atoms with Crippen LogP contribution in [-0.4, -0.2) is 21.8 Å². The van der Waals surface area contributed by atoms with Crippen LogP contribution < -0.4 is 0 Å². The van der Waals surface area contributed by atoms with Gasteiger partial charge in [-0.05, 0) is 0 Å². The van der Waals surface area contributed by atoms with Gasteiger partial charge in [0.2, 0.25) is 0 Å². The van der Waals surface area contributed by atoms with Gasteiger partial charge in [0.05, 0.1) is 0 Å². The quantitative estimate of drug-likeness (QED) is 0.503. The molecule has 1 radical (unpaired) electrons. The molecule has 0 aromatic heterocycles. The van der Waals surface area contributed by atoms with Crippen molar-refractivity contribution in [1.82, 2.24) is 0 Å². The number of hydrogen-bond acceptors (Lipinski definition) is 1. The van der Waals surface area contributed by atoms with Gasteiger partial charge in [0.15, 0.2) is 0 Å². The third-order valence-corrected chi connectivity index (χ3v) is 0. The van der Waals surface area contributed by atoms with E-state index in [-0.39, 0.29) is 39.0 Å². The van der Waals surface area contributed by atoms with Crippen molar-refractivity contribution in [3.05, 3.63) is 0 Å². The molecule has 0 rings (SSSR count). The van der Waals surface area contributed by atoms with Gasteiger partial charge in [0.1, 0.15) is 0 Å². The molecule has 0 aliphatic carbocycles. The first-order valence-corrected chi connectivity index (χ1v) is 0.651. The predicted octanol–water partition coefficient (Wildman–Crippen LogP) is -0.607. The summed E-state index contributed by atoms with van der Waals surface area (Å²) in [6.45, 7) is 0. The molecular formula is CH4MnNiO4. The molecule has 0 saturated carbocycles. The van der Waals surface area contributed by atoms with E-state index in [9.17, 15) is 0 Å². The summed E-state index contributed by atoms with van der Waals surface area (Å²) >= 11 is 0. The zero-order valence-electron chi connectivity index (χ0n) is 3.00. The average Bonchev–Trinajstić information content (AvgIpc) is 0.811. The number of carbonyl (C=O) groups is 1. The molecule has 0 spiro atoms. The average molecular weight is 194 g/mol. The summed E-state index contributed by atoms with van der Waals surface area (Å²) in [6.07, 6.45) is -1.83. The van der Waals surface area contributed by atoms with Gasteiger partial charge in [-0.1, -0.05) is 0 Å². The van der Waals surface area contributed by atoms with Crippen LogP contribution in [0.4, 0.5) is 4.79 Å². The Morgan fingerprint density at radius 3 is 1.29 bits per heavy atom. The van der Waals surface area contributed by atoms with Crippen molar-refractivity contribution in [2.45, 2.75) is 0 Å². The van der Waals surface area contributed by atoms with Crippen LogP contribution in [0.2, 0.25) is 0 Å². The van der Waals surface area contributed by atoms with Crippen molar-refractivity contribution in [1.29, 1.82) is 0 Å². The fraction of sp³-hybridized carbons (Fsp3) is 0. The normalized spacial score (nSPS) is 3.43. The number of rotatable bonds is 0. The fourth-order valence-electron chi connectivity index (χ4n) is 0. The Kier molecular flexibility index (Phi) is 62.6. The van der Waals surface area contributed by atoms with E-state index < -0.39 is 6.16 Å². The predicted molar refractivity (Wildman–Crippen MR) is 14.3 cm³/mol. The van der Waals surface area contributed by atoms with E-state index in [2.05, 4.69) is 0 Å². The van der Waals surface area contributed by atoms with Gasteiger partial charge in [-0.2, -0.15) is 0 Å². The number of carboxylic acid groups (broad SMARTS) is 2. The third-order valence-electron chi connectivity index (χ3n) is 0. The van der Waals surface area contributed by atoms with Crippen molar-refractivity contribution >= 4 is 6.16 Å².